The number of amides is 1. The molecule has 2 N–H and O–H groups in total. The number of sulfonamides is 1. The largest absolute Gasteiger partial charge is 0.351 e. The van der Waals surface area contributed by atoms with E-state index in [0.29, 0.717) is 13.0 Å². The molecule has 0 saturated carbocycles. The zero-order valence-corrected chi connectivity index (χ0v) is 13.9. The standard InChI is InChI=1S/C17H19FN2O3S/c18-16-8-6-15(7-9-16)17(21)19-12-13-24(22,23)20-11-10-14-4-2-1-3-5-14/h1-9,20H,10-13H2,(H,19,21). The van der Waals surface area contributed by atoms with Gasteiger partial charge in [-0.2, -0.15) is 0 Å². The van der Waals surface area contributed by atoms with Crippen molar-refractivity contribution < 1.29 is 17.6 Å². The van der Waals surface area contributed by atoms with Crippen LogP contribution in [0.4, 0.5) is 4.39 Å². The Balaban J connectivity index is 1.72. The average Bonchev–Trinajstić information content (AvgIpc) is 2.56. The summed E-state index contributed by atoms with van der Waals surface area (Å²) in [4.78, 5) is 11.8. The maximum atomic E-state index is 12.8. The van der Waals surface area contributed by atoms with E-state index >= 15 is 0 Å². The molecule has 128 valence electrons. The molecule has 0 radical (unpaired) electrons. The van der Waals surface area contributed by atoms with E-state index in [9.17, 15) is 17.6 Å². The van der Waals surface area contributed by atoms with Crippen LogP contribution in [0.5, 0.6) is 0 Å². The van der Waals surface area contributed by atoms with E-state index in [-0.39, 0.29) is 17.9 Å². The van der Waals surface area contributed by atoms with Gasteiger partial charge in [0.1, 0.15) is 5.82 Å². The number of hydrogen-bond donors (Lipinski definition) is 2. The summed E-state index contributed by atoms with van der Waals surface area (Å²) in [6.45, 7) is 0.287. The minimum absolute atomic E-state index is 0.0170. The van der Waals surface area contributed by atoms with Crippen LogP contribution in [0.15, 0.2) is 54.6 Å². The molecule has 0 fully saturated rings. The minimum atomic E-state index is -3.46. The second-order valence-electron chi connectivity index (χ2n) is 5.21. The Kier molecular flexibility index (Phi) is 6.45. The van der Waals surface area contributed by atoms with E-state index < -0.39 is 21.7 Å². The molecule has 0 aromatic heterocycles. The average molecular weight is 350 g/mol. The van der Waals surface area contributed by atoms with Gasteiger partial charge in [-0.1, -0.05) is 30.3 Å². The minimum Gasteiger partial charge on any atom is -0.351 e. The fourth-order valence-corrected chi connectivity index (χ4v) is 3.00. The summed E-state index contributed by atoms with van der Waals surface area (Å²) in [7, 11) is -3.46. The Bertz CT molecular complexity index is 762. The van der Waals surface area contributed by atoms with E-state index in [1.54, 1.807) is 0 Å². The first kappa shape index (κ1) is 18.1. The lowest BCUT2D eigenvalue weighted by molar-refractivity contribution is 0.0956. The molecule has 24 heavy (non-hydrogen) atoms. The number of carbonyl (C=O) groups excluding carboxylic acids is 1. The molecule has 0 saturated heterocycles. The Hall–Kier alpha value is -2.25. The van der Waals surface area contributed by atoms with E-state index in [0.717, 1.165) is 5.56 Å². The summed E-state index contributed by atoms with van der Waals surface area (Å²) >= 11 is 0. The van der Waals surface area contributed by atoms with E-state index in [4.69, 9.17) is 0 Å². The van der Waals surface area contributed by atoms with Gasteiger partial charge in [0.2, 0.25) is 10.0 Å². The second kappa shape index (κ2) is 8.56. The molecule has 2 aromatic rings. The molecular weight excluding hydrogens is 331 g/mol. The van der Waals surface area contributed by atoms with Crippen molar-refractivity contribution >= 4 is 15.9 Å². The molecule has 1 amide bonds. The van der Waals surface area contributed by atoms with Crippen LogP contribution in [0, 0.1) is 5.82 Å². The summed E-state index contributed by atoms with van der Waals surface area (Å²) in [5.74, 6) is -1.08. The second-order valence-corrected chi connectivity index (χ2v) is 7.14. The van der Waals surface area contributed by atoms with E-state index in [1.165, 1.54) is 24.3 Å². The Labute approximate surface area is 141 Å². The van der Waals surface area contributed by atoms with Crippen molar-refractivity contribution in [2.24, 2.45) is 0 Å². The molecule has 0 spiro atoms. The quantitative estimate of drug-likeness (QED) is 0.761. The molecule has 2 aromatic carbocycles. The third-order valence-corrected chi connectivity index (χ3v) is 4.73. The van der Waals surface area contributed by atoms with Gasteiger partial charge in [-0.3, -0.25) is 4.79 Å². The number of nitrogens with one attached hydrogen (secondary N) is 2. The highest BCUT2D eigenvalue weighted by Gasteiger charge is 2.11. The van der Waals surface area contributed by atoms with Crippen LogP contribution in [0.1, 0.15) is 15.9 Å². The molecule has 0 atom stereocenters. The molecule has 0 aliphatic rings. The van der Waals surface area contributed by atoms with Crippen LogP contribution in [-0.4, -0.2) is 33.2 Å². The fourth-order valence-electron chi connectivity index (χ4n) is 2.07. The Morgan fingerprint density at radius 2 is 1.62 bits per heavy atom. The van der Waals surface area contributed by atoms with Crippen molar-refractivity contribution in [3.8, 4) is 0 Å². The molecule has 7 heteroatoms. The third-order valence-electron chi connectivity index (χ3n) is 3.34. The van der Waals surface area contributed by atoms with Crippen LogP contribution < -0.4 is 10.0 Å². The summed E-state index contributed by atoms with van der Waals surface area (Å²) in [6, 6.07) is 14.6. The topological polar surface area (TPSA) is 75.3 Å². The number of halogens is 1. The van der Waals surface area contributed by atoms with Crippen LogP contribution >= 0.6 is 0 Å². The number of carbonyl (C=O) groups is 1. The Morgan fingerprint density at radius 3 is 2.29 bits per heavy atom. The van der Waals surface area contributed by atoms with Gasteiger partial charge in [-0.05, 0) is 36.2 Å². The molecule has 2 rings (SSSR count). The van der Waals surface area contributed by atoms with Gasteiger partial charge < -0.3 is 5.32 Å². The zero-order chi connectivity index (χ0) is 17.4. The number of hydrogen-bond acceptors (Lipinski definition) is 3. The van der Waals surface area contributed by atoms with Crippen LogP contribution in [0.2, 0.25) is 0 Å². The lowest BCUT2D eigenvalue weighted by Crippen LogP contribution is -2.35. The summed E-state index contributed by atoms with van der Waals surface area (Å²) in [6.07, 6.45) is 0.599. The normalized spacial score (nSPS) is 11.2. The van der Waals surface area contributed by atoms with Gasteiger partial charge in [0.25, 0.3) is 5.91 Å². The van der Waals surface area contributed by atoms with Gasteiger partial charge in [0.15, 0.2) is 0 Å². The maximum Gasteiger partial charge on any atom is 0.251 e. The van der Waals surface area contributed by atoms with Gasteiger partial charge >= 0.3 is 0 Å². The highest BCUT2D eigenvalue weighted by atomic mass is 32.2. The van der Waals surface area contributed by atoms with Crippen molar-refractivity contribution in [3.63, 3.8) is 0 Å². The van der Waals surface area contributed by atoms with Crippen LogP contribution in [0.25, 0.3) is 0 Å². The molecule has 0 unspecified atom stereocenters. The van der Waals surface area contributed by atoms with Crippen molar-refractivity contribution in [3.05, 3.63) is 71.5 Å². The first-order valence-corrected chi connectivity index (χ1v) is 9.16. The smallest absolute Gasteiger partial charge is 0.251 e. The molecule has 5 nitrogen and oxygen atoms in total. The van der Waals surface area contributed by atoms with Crippen molar-refractivity contribution in [2.75, 3.05) is 18.8 Å². The highest BCUT2D eigenvalue weighted by Crippen LogP contribution is 2.02. The first-order chi connectivity index (χ1) is 11.5. The molecule has 0 aliphatic carbocycles. The lowest BCUT2D eigenvalue weighted by Gasteiger charge is -2.08. The summed E-state index contributed by atoms with van der Waals surface area (Å²) < 4.78 is 39.0. The predicted molar refractivity (Wildman–Crippen MR) is 90.7 cm³/mol. The van der Waals surface area contributed by atoms with Gasteiger partial charge in [-0.15, -0.1) is 0 Å². The SMILES string of the molecule is O=C(NCCS(=O)(=O)NCCc1ccccc1)c1ccc(F)cc1. The molecular formula is C17H19FN2O3S. The van der Waals surface area contributed by atoms with Crippen molar-refractivity contribution in [1.29, 1.82) is 0 Å². The van der Waals surface area contributed by atoms with E-state index in [2.05, 4.69) is 10.0 Å². The fraction of sp³-hybridized carbons (Fsp3) is 0.235. The summed E-state index contributed by atoms with van der Waals surface area (Å²) in [5.41, 5.74) is 1.33. The first-order valence-electron chi connectivity index (χ1n) is 7.51. The third kappa shape index (κ3) is 6.10. The lowest BCUT2D eigenvalue weighted by atomic mass is 10.2. The highest BCUT2D eigenvalue weighted by molar-refractivity contribution is 7.89. The van der Waals surface area contributed by atoms with Crippen molar-refractivity contribution in [2.45, 2.75) is 6.42 Å². The van der Waals surface area contributed by atoms with Gasteiger partial charge in [0, 0.05) is 18.7 Å². The van der Waals surface area contributed by atoms with Crippen molar-refractivity contribution in [1.82, 2.24) is 10.0 Å². The number of benzene rings is 2. The zero-order valence-electron chi connectivity index (χ0n) is 13.0. The number of rotatable bonds is 8. The van der Waals surface area contributed by atoms with Gasteiger partial charge in [0.05, 0.1) is 5.75 Å². The summed E-state index contributed by atoms with van der Waals surface area (Å²) in [5, 5.41) is 2.50. The van der Waals surface area contributed by atoms with Crippen LogP contribution in [0.3, 0.4) is 0 Å². The predicted octanol–water partition coefficient (Wildman–Crippen LogP) is 1.72. The monoisotopic (exact) mass is 350 g/mol. The van der Waals surface area contributed by atoms with E-state index in [1.807, 2.05) is 30.3 Å². The van der Waals surface area contributed by atoms with Gasteiger partial charge in [-0.25, -0.2) is 17.5 Å². The molecule has 0 bridgehead atoms. The molecule has 0 aliphatic heterocycles. The maximum absolute atomic E-state index is 12.8. The van der Waals surface area contributed by atoms with Crippen LogP contribution in [-0.2, 0) is 16.4 Å². The molecule has 0 heterocycles. The Morgan fingerprint density at radius 1 is 0.958 bits per heavy atom.